The average Bonchev–Trinajstić information content (AvgIpc) is 2.80. The van der Waals surface area contributed by atoms with Crippen molar-refractivity contribution in [1.29, 1.82) is 0 Å². The van der Waals surface area contributed by atoms with Gasteiger partial charge in [0, 0.05) is 18.2 Å². The number of phenolic OH excluding ortho intramolecular Hbond substituents is 1. The van der Waals surface area contributed by atoms with E-state index >= 15 is 0 Å². The first-order valence-electron chi connectivity index (χ1n) is 6.04. The Morgan fingerprint density at radius 1 is 1.28 bits per heavy atom. The van der Waals surface area contributed by atoms with Crippen molar-refractivity contribution in [3.8, 4) is 5.75 Å². The molecule has 0 unspecified atom stereocenters. The molecule has 0 aliphatic rings. The van der Waals surface area contributed by atoms with E-state index < -0.39 is 0 Å². The van der Waals surface area contributed by atoms with Crippen molar-refractivity contribution >= 4 is 0 Å². The molecule has 5 heteroatoms. The Bertz CT molecular complexity index is 507. The summed E-state index contributed by atoms with van der Waals surface area (Å²) in [6, 6.07) is 7.61. The van der Waals surface area contributed by atoms with E-state index in [9.17, 15) is 5.11 Å². The molecule has 0 spiro atoms. The number of para-hydroxylation sites is 1. The van der Waals surface area contributed by atoms with Crippen molar-refractivity contribution in [2.24, 2.45) is 0 Å². The van der Waals surface area contributed by atoms with Crippen molar-refractivity contribution in [3.63, 3.8) is 0 Å². The SMILES string of the molecule is CC(C)n1ncnc1CNCc1ccccc1O. The molecule has 0 saturated heterocycles. The fourth-order valence-corrected chi connectivity index (χ4v) is 1.80. The first-order valence-corrected chi connectivity index (χ1v) is 6.04. The lowest BCUT2D eigenvalue weighted by Crippen LogP contribution is -2.18. The highest BCUT2D eigenvalue weighted by atomic mass is 16.3. The van der Waals surface area contributed by atoms with Crippen molar-refractivity contribution in [2.75, 3.05) is 0 Å². The zero-order valence-electron chi connectivity index (χ0n) is 10.7. The van der Waals surface area contributed by atoms with E-state index in [1.54, 1.807) is 12.4 Å². The van der Waals surface area contributed by atoms with Gasteiger partial charge in [0.05, 0.1) is 6.54 Å². The van der Waals surface area contributed by atoms with Crippen molar-refractivity contribution in [1.82, 2.24) is 20.1 Å². The van der Waals surface area contributed by atoms with Crippen LogP contribution in [0.4, 0.5) is 0 Å². The third-order valence-electron chi connectivity index (χ3n) is 2.73. The maximum Gasteiger partial charge on any atom is 0.141 e. The van der Waals surface area contributed by atoms with Gasteiger partial charge in [-0.1, -0.05) is 18.2 Å². The van der Waals surface area contributed by atoms with Gasteiger partial charge >= 0.3 is 0 Å². The fraction of sp³-hybridized carbons (Fsp3) is 0.385. The molecule has 5 nitrogen and oxygen atoms in total. The highest BCUT2D eigenvalue weighted by molar-refractivity contribution is 5.31. The smallest absolute Gasteiger partial charge is 0.141 e. The Kier molecular flexibility index (Phi) is 3.94. The summed E-state index contributed by atoms with van der Waals surface area (Å²) in [5.74, 6) is 1.22. The highest BCUT2D eigenvalue weighted by Crippen LogP contribution is 2.15. The summed E-state index contributed by atoms with van der Waals surface area (Å²) >= 11 is 0. The molecule has 2 rings (SSSR count). The topological polar surface area (TPSA) is 63.0 Å². The third-order valence-corrected chi connectivity index (χ3v) is 2.73. The third kappa shape index (κ3) is 2.87. The Labute approximate surface area is 106 Å². The van der Waals surface area contributed by atoms with Crippen LogP contribution in [0.1, 0.15) is 31.3 Å². The van der Waals surface area contributed by atoms with Gasteiger partial charge in [0.2, 0.25) is 0 Å². The number of rotatable bonds is 5. The maximum atomic E-state index is 9.64. The molecule has 1 heterocycles. The van der Waals surface area contributed by atoms with E-state index in [1.165, 1.54) is 0 Å². The quantitative estimate of drug-likeness (QED) is 0.845. The van der Waals surface area contributed by atoms with Gasteiger partial charge in [0.1, 0.15) is 17.9 Å². The number of aromatic nitrogens is 3. The largest absolute Gasteiger partial charge is 0.508 e. The molecule has 2 N–H and O–H groups in total. The van der Waals surface area contributed by atoms with Gasteiger partial charge in [-0.3, -0.25) is 0 Å². The minimum absolute atomic E-state index is 0.300. The summed E-state index contributed by atoms with van der Waals surface area (Å²) in [6.07, 6.45) is 1.57. The van der Waals surface area contributed by atoms with E-state index in [1.807, 2.05) is 22.9 Å². The van der Waals surface area contributed by atoms with Gasteiger partial charge in [-0.2, -0.15) is 5.10 Å². The summed E-state index contributed by atoms with van der Waals surface area (Å²) < 4.78 is 1.89. The number of phenols is 1. The van der Waals surface area contributed by atoms with Gasteiger partial charge < -0.3 is 10.4 Å². The molecule has 1 aromatic carbocycles. The first-order chi connectivity index (χ1) is 8.68. The Morgan fingerprint density at radius 2 is 2.06 bits per heavy atom. The molecule has 1 aromatic heterocycles. The van der Waals surface area contributed by atoms with Crippen molar-refractivity contribution in [2.45, 2.75) is 33.0 Å². The lowest BCUT2D eigenvalue weighted by molar-refractivity contribution is 0.460. The molecule has 0 radical (unpaired) electrons. The minimum Gasteiger partial charge on any atom is -0.508 e. The predicted molar refractivity (Wildman–Crippen MR) is 69.1 cm³/mol. The number of benzene rings is 1. The van der Waals surface area contributed by atoms with Crippen LogP contribution in [0.3, 0.4) is 0 Å². The minimum atomic E-state index is 0.300. The molecule has 0 amide bonds. The first kappa shape index (κ1) is 12.6. The number of hydrogen-bond acceptors (Lipinski definition) is 4. The Hall–Kier alpha value is -1.88. The molecule has 0 bridgehead atoms. The summed E-state index contributed by atoms with van der Waals surface area (Å²) in [4.78, 5) is 4.22. The van der Waals surface area contributed by atoms with Crippen molar-refractivity contribution < 1.29 is 5.11 Å². The monoisotopic (exact) mass is 246 g/mol. The lowest BCUT2D eigenvalue weighted by Gasteiger charge is -2.10. The van der Waals surface area contributed by atoms with Crippen LogP contribution in [0.2, 0.25) is 0 Å². The van der Waals surface area contributed by atoms with E-state index in [0.29, 0.717) is 24.9 Å². The molecular formula is C13H18N4O. The second-order valence-electron chi connectivity index (χ2n) is 4.45. The number of hydrogen-bond donors (Lipinski definition) is 2. The molecule has 0 aliphatic carbocycles. The second-order valence-corrected chi connectivity index (χ2v) is 4.45. The maximum absolute atomic E-state index is 9.64. The molecular weight excluding hydrogens is 228 g/mol. The van der Waals surface area contributed by atoms with Gasteiger partial charge in [0.25, 0.3) is 0 Å². The summed E-state index contributed by atoms with van der Waals surface area (Å²) in [7, 11) is 0. The van der Waals surface area contributed by atoms with Gasteiger partial charge in [-0.25, -0.2) is 9.67 Å². The van der Waals surface area contributed by atoms with Crippen LogP contribution < -0.4 is 5.32 Å². The lowest BCUT2D eigenvalue weighted by atomic mass is 10.2. The summed E-state index contributed by atoms with van der Waals surface area (Å²) in [5, 5.41) is 17.1. The van der Waals surface area contributed by atoms with Crippen LogP contribution >= 0.6 is 0 Å². The van der Waals surface area contributed by atoms with E-state index in [2.05, 4.69) is 29.2 Å². The normalized spacial score (nSPS) is 11.1. The summed E-state index contributed by atoms with van der Waals surface area (Å²) in [6.45, 7) is 5.38. The van der Waals surface area contributed by atoms with Crippen LogP contribution in [0.5, 0.6) is 5.75 Å². The van der Waals surface area contributed by atoms with E-state index in [0.717, 1.165) is 11.4 Å². The molecule has 18 heavy (non-hydrogen) atoms. The van der Waals surface area contributed by atoms with Crippen LogP contribution in [-0.2, 0) is 13.1 Å². The number of nitrogens with one attached hydrogen (secondary N) is 1. The number of nitrogens with zero attached hydrogens (tertiary/aromatic N) is 3. The van der Waals surface area contributed by atoms with Gasteiger partial charge in [-0.05, 0) is 19.9 Å². The molecule has 0 fully saturated rings. The molecule has 0 saturated carbocycles. The standard InChI is InChI=1S/C13H18N4O/c1-10(2)17-13(15-9-16-17)8-14-7-11-5-3-4-6-12(11)18/h3-6,9-10,14,18H,7-8H2,1-2H3. The Balaban J connectivity index is 1.93. The molecule has 2 aromatic rings. The molecule has 96 valence electrons. The Morgan fingerprint density at radius 3 is 2.78 bits per heavy atom. The predicted octanol–water partition coefficient (Wildman–Crippen LogP) is 1.85. The van der Waals surface area contributed by atoms with Gasteiger partial charge in [0.15, 0.2) is 0 Å². The zero-order chi connectivity index (χ0) is 13.0. The van der Waals surface area contributed by atoms with Crippen molar-refractivity contribution in [3.05, 3.63) is 42.0 Å². The summed E-state index contributed by atoms with van der Waals surface area (Å²) in [5.41, 5.74) is 0.883. The van der Waals surface area contributed by atoms with Crippen LogP contribution in [0, 0.1) is 0 Å². The van der Waals surface area contributed by atoms with E-state index in [-0.39, 0.29) is 0 Å². The second kappa shape index (κ2) is 5.64. The van der Waals surface area contributed by atoms with Crippen LogP contribution in [-0.4, -0.2) is 19.9 Å². The number of aromatic hydroxyl groups is 1. The van der Waals surface area contributed by atoms with Crippen LogP contribution in [0.25, 0.3) is 0 Å². The van der Waals surface area contributed by atoms with E-state index in [4.69, 9.17) is 0 Å². The van der Waals surface area contributed by atoms with Gasteiger partial charge in [-0.15, -0.1) is 0 Å². The molecule has 0 aliphatic heterocycles. The molecule has 0 atom stereocenters. The average molecular weight is 246 g/mol. The highest BCUT2D eigenvalue weighted by Gasteiger charge is 2.07. The zero-order valence-corrected chi connectivity index (χ0v) is 10.7. The fourth-order valence-electron chi connectivity index (χ4n) is 1.80. The van der Waals surface area contributed by atoms with Crippen LogP contribution in [0.15, 0.2) is 30.6 Å².